The van der Waals surface area contributed by atoms with Crippen molar-refractivity contribution in [1.29, 1.82) is 0 Å². The number of imidazole rings is 1. The van der Waals surface area contributed by atoms with Crippen molar-refractivity contribution in [3.05, 3.63) is 78.5 Å². The van der Waals surface area contributed by atoms with Gasteiger partial charge in [-0.15, -0.1) is 0 Å². The summed E-state index contributed by atoms with van der Waals surface area (Å²) in [6, 6.07) is 13.0. The predicted molar refractivity (Wildman–Crippen MR) is 89.8 cm³/mol. The molecule has 6 nitrogen and oxygen atoms in total. The Kier molecular flexibility index (Phi) is 4.98. The molecule has 122 valence electrons. The molecule has 3 rings (SSSR count). The summed E-state index contributed by atoms with van der Waals surface area (Å²) in [6.07, 6.45) is 6.46. The fourth-order valence-corrected chi connectivity index (χ4v) is 2.37. The van der Waals surface area contributed by atoms with Crippen LogP contribution in [-0.4, -0.2) is 38.2 Å². The van der Waals surface area contributed by atoms with Gasteiger partial charge in [-0.05, 0) is 17.7 Å². The number of nitrogens with one attached hydrogen (secondary N) is 1. The van der Waals surface area contributed by atoms with E-state index in [-0.39, 0.29) is 12.5 Å². The highest BCUT2D eigenvalue weighted by molar-refractivity contribution is 5.94. The number of hydrogen-bond donors (Lipinski definition) is 2. The number of rotatable bonds is 6. The van der Waals surface area contributed by atoms with Gasteiger partial charge >= 0.3 is 0 Å². The average molecular weight is 322 g/mol. The molecule has 1 amide bonds. The summed E-state index contributed by atoms with van der Waals surface area (Å²) in [5.41, 5.74) is 1.52. The van der Waals surface area contributed by atoms with Crippen LogP contribution in [-0.2, 0) is 6.42 Å². The Bertz CT molecular complexity index is 788. The van der Waals surface area contributed by atoms with Crippen LogP contribution >= 0.6 is 0 Å². The summed E-state index contributed by atoms with van der Waals surface area (Å²) in [6.45, 7) is 0.191. The normalized spacial score (nSPS) is 11.9. The fourth-order valence-electron chi connectivity index (χ4n) is 2.37. The lowest BCUT2D eigenvalue weighted by Crippen LogP contribution is -2.33. The van der Waals surface area contributed by atoms with Crippen LogP contribution in [0.4, 0.5) is 0 Å². The molecule has 0 aliphatic heterocycles. The maximum absolute atomic E-state index is 12.2. The van der Waals surface area contributed by atoms with Crippen LogP contribution in [0, 0.1) is 0 Å². The zero-order chi connectivity index (χ0) is 16.8. The van der Waals surface area contributed by atoms with Gasteiger partial charge in [0, 0.05) is 37.1 Å². The highest BCUT2D eigenvalue weighted by Crippen LogP contribution is 2.07. The molecular weight excluding hydrogens is 304 g/mol. The van der Waals surface area contributed by atoms with Crippen LogP contribution < -0.4 is 5.32 Å². The second-order valence-electron chi connectivity index (χ2n) is 5.43. The van der Waals surface area contributed by atoms with Gasteiger partial charge in [0.2, 0.25) is 0 Å². The van der Waals surface area contributed by atoms with Crippen LogP contribution in [0.1, 0.15) is 15.9 Å². The second kappa shape index (κ2) is 7.52. The van der Waals surface area contributed by atoms with Crippen molar-refractivity contribution >= 4 is 5.91 Å². The van der Waals surface area contributed by atoms with Gasteiger partial charge in [0.1, 0.15) is 12.1 Å². The summed E-state index contributed by atoms with van der Waals surface area (Å²) in [5, 5.41) is 12.8. The van der Waals surface area contributed by atoms with E-state index in [1.54, 1.807) is 41.6 Å². The zero-order valence-corrected chi connectivity index (χ0v) is 13.0. The van der Waals surface area contributed by atoms with Crippen LogP contribution in [0.3, 0.4) is 0 Å². The molecule has 0 bridgehead atoms. The SMILES string of the molecule is O=C(NCC(O)Cc1ccccc1)c1ccnc(-n2ccnc2)c1. The summed E-state index contributed by atoms with van der Waals surface area (Å²) in [5.74, 6) is 0.371. The quantitative estimate of drug-likeness (QED) is 0.722. The standard InChI is InChI=1S/C18H18N4O2/c23-16(10-14-4-2-1-3-5-14)12-21-18(24)15-6-7-20-17(11-15)22-9-8-19-13-22/h1-9,11,13,16,23H,10,12H2,(H,21,24). The Hall–Kier alpha value is -2.99. The molecule has 0 saturated heterocycles. The molecule has 0 fully saturated rings. The lowest BCUT2D eigenvalue weighted by Gasteiger charge is -2.12. The van der Waals surface area contributed by atoms with Crippen molar-refractivity contribution in [3.8, 4) is 5.82 Å². The van der Waals surface area contributed by atoms with E-state index in [9.17, 15) is 9.90 Å². The van der Waals surface area contributed by atoms with Gasteiger partial charge < -0.3 is 10.4 Å². The fraction of sp³-hybridized carbons (Fsp3) is 0.167. The Labute approximate surface area is 139 Å². The molecule has 3 aromatic rings. The Morgan fingerprint density at radius 1 is 1.21 bits per heavy atom. The van der Waals surface area contributed by atoms with Crippen molar-refractivity contribution in [1.82, 2.24) is 19.9 Å². The average Bonchev–Trinajstić information content (AvgIpc) is 3.15. The first-order valence-corrected chi connectivity index (χ1v) is 7.67. The van der Waals surface area contributed by atoms with Crippen molar-refractivity contribution in [2.45, 2.75) is 12.5 Å². The van der Waals surface area contributed by atoms with Crippen LogP contribution in [0.25, 0.3) is 5.82 Å². The third-order valence-corrected chi connectivity index (χ3v) is 3.59. The van der Waals surface area contributed by atoms with Crippen molar-refractivity contribution < 1.29 is 9.90 Å². The molecule has 0 spiro atoms. The molecule has 6 heteroatoms. The second-order valence-corrected chi connectivity index (χ2v) is 5.43. The topological polar surface area (TPSA) is 80.0 Å². The Morgan fingerprint density at radius 2 is 2.04 bits per heavy atom. The maximum Gasteiger partial charge on any atom is 0.251 e. The molecule has 0 aliphatic carbocycles. The van der Waals surface area contributed by atoms with Gasteiger partial charge in [-0.25, -0.2) is 9.97 Å². The third-order valence-electron chi connectivity index (χ3n) is 3.59. The molecule has 0 aliphatic rings. The maximum atomic E-state index is 12.2. The molecule has 1 aromatic carbocycles. The minimum Gasteiger partial charge on any atom is -0.391 e. The first-order chi connectivity index (χ1) is 11.7. The number of aliphatic hydroxyl groups excluding tert-OH is 1. The van der Waals surface area contributed by atoms with E-state index in [0.29, 0.717) is 17.8 Å². The number of aliphatic hydroxyl groups is 1. The summed E-state index contributed by atoms with van der Waals surface area (Å²) in [4.78, 5) is 20.4. The van der Waals surface area contributed by atoms with Crippen molar-refractivity contribution in [2.24, 2.45) is 0 Å². The number of pyridine rings is 1. The minimum atomic E-state index is -0.633. The summed E-state index contributed by atoms with van der Waals surface area (Å²) < 4.78 is 1.72. The van der Waals surface area contributed by atoms with Crippen LogP contribution in [0.2, 0.25) is 0 Å². The zero-order valence-electron chi connectivity index (χ0n) is 13.0. The van der Waals surface area contributed by atoms with Gasteiger partial charge in [-0.2, -0.15) is 0 Å². The number of benzene rings is 1. The van der Waals surface area contributed by atoms with Gasteiger partial charge in [-0.1, -0.05) is 30.3 Å². The number of aromatic nitrogens is 3. The molecule has 0 radical (unpaired) electrons. The molecule has 0 saturated carbocycles. The summed E-state index contributed by atoms with van der Waals surface area (Å²) in [7, 11) is 0. The lowest BCUT2D eigenvalue weighted by atomic mass is 10.1. The first kappa shape index (κ1) is 15.9. The van der Waals surface area contributed by atoms with E-state index in [4.69, 9.17) is 0 Å². The van der Waals surface area contributed by atoms with Gasteiger partial charge in [0.05, 0.1) is 6.10 Å². The van der Waals surface area contributed by atoms with E-state index < -0.39 is 6.10 Å². The van der Waals surface area contributed by atoms with E-state index in [2.05, 4.69) is 15.3 Å². The molecule has 1 atom stereocenters. The predicted octanol–water partition coefficient (Wildman–Crippen LogP) is 1.60. The van der Waals surface area contributed by atoms with E-state index in [0.717, 1.165) is 5.56 Å². The third kappa shape index (κ3) is 4.05. The highest BCUT2D eigenvalue weighted by atomic mass is 16.3. The molecule has 2 N–H and O–H groups in total. The number of hydrogen-bond acceptors (Lipinski definition) is 4. The van der Waals surface area contributed by atoms with Gasteiger partial charge in [0.15, 0.2) is 0 Å². The van der Waals surface area contributed by atoms with Crippen molar-refractivity contribution in [2.75, 3.05) is 6.54 Å². The van der Waals surface area contributed by atoms with Crippen LogP contribution in [0.15, 0.2) is 67.4 Å². The summed E-state index contributed by atoms with van der Waals surface area (Å²) >= 11 is 0. The monoisotopic (exact) mass is 322 g/mol. The van der Waals surface area contributed by atoms with E-state index >= 15 is 0 Å². The highest BCUT2D eigenvalue weighted by Gasteiger charge is 2.11. The van der Waals surface area contributed by atoms with Crippen LogP contribution in [0.5, 0.6) is 0 Å². The van der Waals surface area contributed by atoms with Gasteiger partial charge in [-0.3, -0.25) is 9.36 Å². The number of carbonyl (C=O) groups is 1. The lowest BCUT2D eigenvalue weighted by molar-refractivity contribution is 0.0916. The smallest absolute Gasteiger partial charge is 0.251 e. The largest absolute Gasteiger partial charge is 0.391 e. The van der Waals surface area contributed by atoms with E-state index in [1.807, 2.05) is 30.3 Å². The number of amides is 1. The number of carbonyl (C=O) groups excluding carboxylic acids is 1. The molecular formula is C18H18N4O2. The Balaban J connectivity index is 1.58. The molecule has 1 unspecified atom stereocenters. The van der Waals surface area contributed by atoms with Crippen molar-refractivity contribution in [3.63, 3.8) is 0 Å². The molecule has 24 heavy (non-hydrogen) atoms. The Morgan fingerprint density at radius 3 is 2.79 bits per heavy atom. The van der Waals surface area contributed by atoms with E-state index in [1.165, 1.54) is 0 Å². The number of nitrogens with zero attached hydrogens (tertiary/aromatic N) is 3. The first-order valence-electron chi connectivity index (χ1n) is 7.67. The molecule has 2 heterocycles. The van der Waals surface area contributed by atoms with Gasteiger partial charge in [0.25, 0.3) is 5.91 Å². The minimum absolute atomic E-state index is 0.191. The molecule has 2 aromatic heterocycles.